The number of hydrogen-bond acceptors (Lipinski definition) is 6. The van der Waals surface area contributed by atoms with E-state index in [1.807, 2.05) is 0 Å². The van der Waals surface area contributed by atoms with Gasteiger partial charge in [-0.25, -0.2) is 0 Å². The van der Waals surface area contributed by atoms with E-state index >= 15 is 0 Å². The Bertz CT molecular complexity index is 1070. The Balaban J connectivity index is 4.20. The van der Waals surface area contributed by atoms with Crippen LogP contribution in [0.3, 0.4) is 0 Å². The highest BCUT2D eigenvalue weighted by Gasteiger charge is 2.19. The van der Waals surface area contributed by atoms with Crippen LogP contribution in [-0.4, -0.2) is 37.2 Å². The summed E-state index contributed by atoms with van der Waals surface area (Å²) in [4.78, 5) is 38.2. The van der Waals surface area contributed by atoms with E-state index in [0.717, 1.165) is 64.2 Å². The van der Waals surface area contributed by atoms with E-state index in [9.17, 15) is 14.4 Å². The highest BCUT2D eigenvalue weighted by Crippen LogP contribution is 2.18. The second-order valence-electron chi connectivity index (χ2n) is 21.3. The first kappa shape index (κ1) is 67.1. The SMILES string of the molecule is CCCCCC/C=C\CCCCCCCC(=O)OCC(COC(=O)CCCCCCCCCCCCCCCCCCCCCCCCCC)OC(=O)CCCCCCCCCCCCCCCC. The van der Waals surface area contributed by atoms with Crippen molar-refractivity contribution in [2.75, 3.05) is 13.2 Å². The summed E-state index contributed by atoms with van der Waals surface area (Å²) < 4.78 is 16.9. The minimum absolute atomic E-state index is 0.0663. The monoisotopic (exact) mass is 973 g/mol. The number of esters is 3. The highest BCUT2D eigenvalue weighted by atomic mass is 16.6. The van der Waals surface area contributed by atoms with E-state index in [-0.39, 0.29) is 31.1 Å². The minimum Gasteiger partial charge on any atom is -0.462 e. The predicted molar refractivity (Wildman–Crippen MR) is 298 cm³/mol. The van der Waals surface area contributed by atoms with Crippen molar-refractivity contribution in [1.82, 2.24) is 0 Å². The van der Waals surface area contributed by atoms with Gasteiger partial charge >= 0.3 is 17.9 Å². The van der Waals surface area contributed by atoms with Crippen LogP contribution in [0.15, 0.2) is 12.2 Å². The van der Waals surface area contributed by atoms with Gasteiger partial charge in [0.1, 0.15) is 13.2 Å². The molecular formula is C63H120O6. The maximum absolute atomic E-state index is 12.9. The Hall–Kier alpha value is -1.85. The van der Waals surface area contributed by atoms with Crippen molar-refractivity contribution in [2.24, 2.45) is 0 Å². The second kappa shape index (κ2) is 58.7. The largest absolute Gasteiger partial charge is 0.462 e. The van der Waals surface area contributed by atoms with Gasteiger partial charge in [0.25, 0.3) is 0 Å². The number of ether oxygens (including phenoxy) is 3. The first-order valence-electron chi connectivity index (χ1n) is 31.2. The van der Waals surface area contributed by atoms with Crippen molar-refractivity contribution in [1.29, 1.82) is 0 Å². The summed E-state index contributed by atoms with van der Waals surface area (Å²) in [6, 6.07) is 0. The lowest BCUT2D eigenvalue weighted by Crippen LogP contribution is -2.30. The van der Waals surface area contributed by atoms with Gasteiger partial charge in [-0.3, -0.25) is 14.4 Å². The molecule has 1 unspecified atom stereocenters. The van der Waals surface area contributed by atoms with E-state index in [0.29, 0.717) is 19.3 Å². The summed E-state index contributed by atoms with van der Waals surface area (Å²) in [7, 11) is 0. The maximum Gasteiger partial charge on any atom is 0.306 e. The molecule has 0 amide bonds. The van der Waals surface area contributed by atoms with Gasteiger partial charge in [0, 0.05) is 19.3 Å². The topological polar surface area (TPSA) is 78.9 Å². The van der Waals surface area contributed by atoms with E-state index in [4.69, 9.17) is 14.2 Å². The molecule has 0 radical (unpaired) electrons. The highest BCUT2D eigenvalue weighted by molar-refractivity contribution is 5.71. The number of rotatable bonds is 58. The molecule has 0 aromatic carbocycles. The van der Waals surface area contributed by atoms with Crippen molar-refractivity contribution in [2.45, 2.75) is 361 Å². The zero-order valence-electron chi connectivity index (χ0n) is 46.9. The lowest BCUT2D eigenvalue weighted by atomic mass is 10.0. The number of carbonyl (C=O) groups is 3. The zero-order valence-corrected chi connectivity index (χ0v) is 46.9. The van der Waals surface area contributed by atoms with Crippen LogP contribution in [0.4, 0.5) is 0 Å². The van der Waals surface area contributed by atoms with E-state index < -0.39 is 6.10 Å². The van der Waals surface area contributed by atoms with E-state index in [2.05, 4.69) is 32.9 Å². The summed E-state index contributed by atoms with van der Waals surface area (Å²) in [5.74, 6) is -0.849. The quantitative estimate of drug-likeness (QED) is 0.0261. The van der Waals surface area contributed by atoms with Crippen LogP contribution in [-0.2, 0) is 28.6 Å². The molecule has 0 heterocycles. The first-order chi connectivity index (χ1) is 34.0. The van der Waals surface area contributed by atoms with Crippen LogP contribution in [0, 0.1) is 0 Å². The van der Waals surface area contributed by atoms with Gasteiger partial charge in [0.15, 0.2) is 6.10 Å². The van der Waals surface area contributed by atoms with Crippen molar-refractivity contribution in [3.8, 4) is 0 Å². The molecule has 0 aromatic heterocycles. The molecule has 6 nitrogen and oxygen atoms in total. The Morgan fingerprint density at radius 1 is 0.275 bits per heavy atom. The molecule has 0 rings (SSSR count). The summed E-state index contributed by atoms with van der Waals surface area (Å²) in [6.45, 7) is 6.68. The molecule has 0 bridgehead atoms. The van der Waals surface area contributed by atoms with Gasteiger partial charge in [-0.1, -0.05) is 303 Å². The van der Waals surface area contributed by atoms with Crippen LogP contribution in [0.2, 0.25) is 0 Å². The summed E-state index contributed by atoms with van der Waals surface area (Å²) in [6.07, 6.45) is 67.9. The van der Waals surface area contributed by atoms with Crippen LogP contribution in [0.25, 0.3) is 0 Å². The summed E-state index contributed by atoms with van der Waals surface area (Å²) in [5, 5.41) is 0. The zero-order chi connectivity index (χ0) is 50.0. The third kappa shape index (κ3) is 56.9. The van der Waals surface area contributed by atoms with Crippen LogP contribution < -0.4 is 0 Å². The smallest absolute Gasteiger partial charge is 0.306 e. The Morgan fingerprint density at radius 2 is 0.478 bits per heavy atom. The minimum atomic E-state index is -0.768. The van der Waals surface area contributed by atoms with Gasteiger partial charge < -0.3 is 14.2 Å². The van der Waals surface area contributed by atoms with Gasteiger partial charge in [-0.2, -0.15) is 0 Å². The molecule has 0 aliphatic rings. The molecule has 0 aromatic rings. The average Bonchev–Trinajstić information content (AvgIpc) is 3.35. The fourth-order valence-corrected chi connectivity index (χ4v) is 9.56. The fraction of sp³-hybridized carbons (Fsp3) is 0.921. The lowest BCUT2D eigenvalue weighted by molar-refractivity contribution is -0.167. The van der Waals surface area contributed by atoms with E-state index in [1.165, 1.54) is 250 Å². The van der Waals surface area contributed by atoms with Crippen molar-refractivity contribution < 1.29 is 28.6 Å². The molecule has 0 fully saturated rings. The Morgan fingerprint density at radius 3 is 0.739 bits per heavy atom. The van der Waals surface area contributed by atoms with Crippen LogP contribution >= 0.6 is 0 Å². The van der Waals surface area contributed by atoms with Gasteiger partial charge in [-0.05, 0) is 44.9 Å². The molecule has 408 valence electrons. The molecule has 6 heteroatoms. The van der Waals surface area contributed by atoms with Crippen LogP contribution in [0.1, 0.15) is 355 Å². The third-order valence-corrected chi connectivity index (χ3v) is 14.3. The number of unbranched alkanes of at least 4 members (excludes halogenated alkanes) is 45. The molecule has 0 aliphatic heterocycles. The molecule has 0 spiro atoms. The normalized spacial score (nSPS) is 12.0. The lowest BCUT2D eigenvalue weighted by Gasteiger charge is -2.18. The summed E-state index contributed by atoms with van der Waals surface area (Å²) in [5.41, 5.74) is 0. The van der Waals surface area contributed by atoms with Crippen LogP contribution in [0.5, 0.6) is 0 Å². The summed E-state index contributed by atoms with van der Waals surface area (Å²) >= 11 is 0. The Labute approximate surface area is 431 Å². The van der Waals surface area contributed by atoms with E-state index in [1.54, 1.807) is 0 Å². The molecule has 69 heavy (non-hydrogen) atoms. The van der Waals surface area contributed by atoms with Crippen molar-refractivity contribution in [3.63, 3.8) is 0 Å². The third-order valence-electron chi connectivity index (χ3n) is 14.3. The van der Waals surface area contributed by atoms with Gasteiger partial charge in [-0.15, -0.1) is 0 Å². The van der Waals surface area contributed by atoms with Crippen molar-refractivity contribution >= 4 is 17.9 Å². The molecule has 0 saturated carbocycles. The molecule has 0 N–H and O–H groups in total. The Kier molecular flexibility index (Phi) is 57.1. The molecule has 1 atom stereocenters. The average molecular weight is 974 g/mol. The maximum atomic E-state index is 12.9. The molecule has 0 saturated heterocycles. The fourth-order valence-electron chi connectivity index (χ4n) is 9.56. The number of hydrogen-bond donors (Lipinski definition) is 0. The van der Waals surface area contributed by atoms with Crippen molar-refractivity contribution in [3.05, 3.63) is 12.2 Å². The second-order valence-corrected chi connectivity index (χ2v) is 21.3. The number of allylic oxidation sites excluding steroid dienone is 2. The molecule has 0 aliphatic carbocycles. The van der Waals surface area contributed by atoms with Gasteiger partial charge in [0.05, 0.1) is 0 Å². The molecular weight excluding hydrogens is 853 g/mol. The number of carbonyl (C=O) groups excluding carboxylic acids is 3. The predicted octanol–water partition coefficient (Wildman–Crippen LogP) is 20.9. The first-order valence-corrected chi connectivity index (χ1v) is 31.2. The standard InChI is InChI=1S/C63H120O6/c1-4-7-10-13-16-19-22-25-27-28-29-30-31-32-33-34-35-36-39-41-44-47-50-53-56-62(65)68-59-60(58-67-61(64)55-52-49-46-43-40-37-24-21-18-15-12-9-6-3)69-63(66)57-54-51-48-45-42-38-26-23-20-17-14-11-8-5-2/h21,24,60H,4-20,22-23,25-59H2,1-3H3/b24-21-. The van der Waals surface area contributed by atoms with Gasteiger partial charge in [0.2, 0.25) is 0 Å².